The first kappa shape index (κ1) is 10.6. The fourth-order valence-electron chi connectivity index (χ4n) is 2.23. The first-order valence-electron chi connectivity index (χ1n) is 5.50. The summed E-state index contributed by atoms with van der Waals surface area (Å²) in [5.41, 5.74) is 6.00. The molecule has 3 rings (SSSR count). The maximum atomic E-state index is 11.2. The lowest BCUT2D eigenvalue weighted by atomic mass is 10.1. The van der Waals surface area contributed by atoms with E-state index in [-0.39, 0.29) is 12.2 Å². The molecule has 0 spiro atoms. The van der Waals surface area contributed by atoms with E-state index < -0.39 is 18.2 Å². The third kappa shape index (κ3) is 1.80. The van der Waals surface area contributed by atoms with Gasteiger partial charge in [0.15, 0.2) is 0 Å². The second-order valence-electron chi connectivity index (χ2n) is 4.15. The maximum Gasteiger partial charge on any atom is 0.237 e. The van der Waals surface area contributed by atoms with Crippen molar-refractivity contribution in [2.75, 3.05) is 6.54 Å². The molecule has 17 heavy (non-hydrogen) atoms. The fourth-order valence-corrected chi connectivity index (χ4v) is 2.23. The number of hydrogen-bond donors (Lipinski definition) is 2. The zero-order valence-corrected chi connectivity index (χ0v) is 9.08. The summed E-state index contributed by atoms with van der Waals surface area (Å²) in [5, 5.41) is 2.99. The van der Waals surface area contributed by atoms with Gasteiger partial charge in [0, 0.05) is 12.7 Å². The van der Waals surface area contributed by atoms with Crippen molar-refractivity contribution in [2.45, 2.75) is 24.5 Å². The molecule has 3 heterocycles. The van der Waals surface area contributed by atoms with Crippen LogP contribution < -0.4 is 11.1 Å². The second kappa shape index (κ2) is 4.06. The summed E-state index contributed by atoms with van der Waals surface area (Å²) in [5.74, 6) is -0.414. The first-order chi connectivity index (χ1) is 8.25. The molecule has 0 aliphatic carbocycles. The van der Waals surface area contributed by atoms with Crippen molar-refractivity contribution >= 4 is 5.91 Å². The molecule has 1 amide bonds. The highest BCUT2D eigenvalue weighted by Gasteiger charge is 2.48. The van der Waals surface area contributed by atoms with Gasteiger partial charge in [0.2, 0.25) is 12.2 Å². The van der Waals surface area contributed by atoms with Gasteiger partial charge in [-0.15, -0.1) is 0 Å². The second-order valence-corrected chi connectivity index (χ2v) is 4.15. The van der Waals surface area contributed by atoms with Crippen LogP contribution in [0, 0.1) is 0 Å². The molecule has 2 saturated heterocycles. The smallest absolute Gasteiger partial charge is 0.237 e. The summed E-state index contributed by atoms with van der Waals surface area (Å²) >= 11 is 0. The number of nitrogens with zero attached hydrogens (tertiary/aromatic N) is 1. The van der Waals surface area contributed by atoms with E-state index >= 15 is 0 Å². The molecule has 2 aliphatic heterocycles. The molecular weight excluding hydrogens is 222 g/mol. The van der Waals surface area contributed by atoms with Crippen molar-refractivity contribution in [3.05, 3.63) is 30.1 Å². The van der Waals surface area contributed by atoms with Gasteiger partial charge in [-0.1, -0.05) is 6.07 Å². The number of nitrogens with one attached hydrogen (secondary N) is 1. The zero-order valence-electron chi connectivity index (χ0n) is 9.08. The van der Waals surface area contributed by atoms with Crippen molar-refractivity contribution in [1.82, 2.24) is 10.3 Å². The largest absolute Gasteiger partial charge is 0.368 e. The Morgan fingerprint density at radius 2 is 2.35 bits per heavy atom. The van der Waals surface area contributed by atoms with E-state index in [1.54, 1.807) is 6.20 Å². The van der Waals surface area contributed by atoms with E-state index in [0.29, 0.717) is 12.2 Å². The van der Waals surface area contributed by atoms with Crippen LogP contribution in [-0.4, -0.2) is 35.7 Å². The molecular formula is C11H13N3O3. The lowest BCUT2D eigenvalue weighted by Crippen LogP contribution is -2.44. The molecule has 90 valence electrons. The van der Waals surface area contributed by atoms with E-state index in [1.165, 1.54) is 0 Å². The fraction of sp³-hybridized carbons (Fsp3) is 0.455. The quantitative estimate of drug-likeness (QED) is 0.709. The van der Waals surface area contributed by atoms with Crippen LogP contribution in [0.5, 0.6) is 0 Å². The van der Waals surface area contributed by atoms with Crippen molar-refractivity contribution in [3.8, 4) is 0 Å². The zero-order chi connectivity index (χ0) is 11.8. The van der Waals surface area contributed by atoms with Gasteiger partial charge in [-0.3, -0.25) is 9.78 Å². The van der Waals surface area contributed by atoms with E-state index in [2.05, 4.69) is 10.3 Å². The minimum Gasteiger partial charge on any atom is -0.368 e. The first-order valence-corrected chi connectivity index (χ1v) is 5.50. The average Bonchev–Trinajstić information content (AvgIpc) is 2.88. The predicted molar refractivity (Wildman–Crippen MR) is 57.7 cm³/mol. The standard InChI is InChI=1S/C11H13N3O3/c12-10(15)8-9-7(5-14-8)16-11(17-9)6-3-1-2-4-13-6/h1-4,7-9,11,14H,5H2,(H2,12,15). The van der Waals surface area contributed by atoms with Crippen LogP contribution in [0.3, 0.4) is 0 Å². The van der Waals surface area contributed by atoms with Crippen LogP contribution >= 0.6 is 0 Å². The number of carbonyl (C=O) groups excluding carboxylic acids is 1. The Morgan fingerprint density at radius 3 is 3.06 bits per heavy atom. The molecule has 3 N–H and O–H groups in total. The van der Waals surface area contributed by atoms with Gasteiger partial charge in [0.05, 0.1) is 5.69 Å². The van der Waals surface area contributed by atoms with Gasteiger partial charge >= 0.3 is 0 Å². The average molecular weight is 235 g/mol. The van der Waals surface area contributed by atoms with Crippen molar-refractivity contribution in [2.24, 2.45) is 5.73 Å². The lowest BCUT2D eigenvalue weighted by Gasteiger charge is -2.15. The SMILES string of the molecule is NC(=O)C1NCC2OC(c3ccccn3)OC21. The molecule has 0 saturated carbocycles. The number of rotatable bonds is 2. The Labute approximate surface area is 98.1 Å². The number of amides is 1. The number of primary amides is 1. The van der Waals surface area contributed by atoms with Crippen molar-refractivity contribution in [1.29, 1.82) is 0 Å². The Kier molecular flexibility index (Phi) is 2.54. The third-order valence-corrected chi connectivity index (χ3v) is 3.05. The third-order valence-electron chi connectivity index (χ3n) is 3.05. The van der Waals surface area contributed by atoms with Crippen LogP contribution in [0.1, 0.15) is 12.0 Å². The Morgan fingerprint density at radius 1 is 1.47 bits per heavy atom. The van der Waals surface area contributed by atoms with Gasteiger partial charge in [0.1, 0.15) is 18.2 Å². The molecule has 6 heteroatoms. The van der Waals surface area contributed by atoms with Gasteiger partial charge < -0.3 is 20.5 Å². The number of pyridine rings is 1. The Hall–Kier alpha value is -1.50. The number of aromatic nitrogens is 1. The monoisotopic (exact) mass is 235 g/mol. The topological polar surface area (TPSA) is 86.5 Å². The van der Waals surface area contributed by atoms with Crippen LogP contribution in [0.25, 0.3) is 0 Å². The van der Waals surface area contributed by atoms with Crippen LogP contribution in [0.15, 0.2) is 24.4 Å². The highest BCUT2D eigenvalue weighted by atomic mass is 16.7. The molecule has 1 aromatic heterocycles. The number of ether oxygens (including phenoxy) is 2. The summed E-state index contributed by atoms with van der Waals surface area (Å²) in [6.07, 6.45) is 0.717. The summed E-state index contributed by atoms with van der Waals surface area (Å²) in [7, 11) is 0. The summed E-state index contributed by atoms with van der Waals surface area (Å²) in [6.45, 7) is 0.571. The predicted octanol–water partition coefficient (Wildman–Crippen LogP) is -0.679. The van der Waals surface area contributed by atoms with Crippen LogP contribution in [0.2, 0.25) is 0 Å². The number of carbonyl (C=O) groups is 1. The van der Waals surface area contributed by atoms with Gasteiger partial charge in [-0.2, -0.15) is 0 Å². The minimum absolute atomic E-state index is 0.139. The van der Waals surface area contributed by atoms with Crippen LogP contribution in [-0.2, 0) is 14.3 Å². The lowest BCUT2D eigenvalue weighted by molar-refractivity contribution is -0.124. The van der Waals surface area contributed by atoms with E-state index in [0.717, 1.165) is 0 Å². The number of hydrogen-bond acceptors (Lipinski definition) is 5. The Bertz CT molecular complexity index is 425. The van der Waals surface area contributed by atoms with Crippen LogP contribution in [0.4, 0.5) is 0 Å². The molecule has 4 unspecified atom stereocenters. The summed E-state index contributed by atoms with van der Waals surface area (Å²) in [6, 6.07) is 5.05. The normalized spacial score (nSPS) is 35.8. The van der Waals surface area contributed by atoms with E-state index in [4.69, 9.17) is 15.2 Å². The Balaban J connectivity index is 1.76. The van der Waals surface area contributed by atoms with E-state index in [9.17, 15) is 4.79 Å². The summed E-state index contributed by atoms with van der Waals surface area (Å²) in [4.78, 5) is 15.4. The van der Waals surface area contributed by atoms with Crippen molar-refractivity contribution < 1.29 is 14.3 Å². The number of fused-ring (bicyclic) bond motifs is 1. The molecule has 2 fully saturated rings. The molecule has 0 radical (unpaired) electrons. The highest BCUT2D eigenvalue weighted by molar-refractivity contribution is 5.81. The molecule has 2 aliphatic rings. The minimum atomic E-state index is -0.504. The van der Waals surface area contributed by atoms with Gasteiger partial charge in [-0.25, -0.2) is 0 Å². The molecule has 4 atom stereocenters. The van der Waals surface area contributed by atoms with E-state index in [1.807, 2.05) is 18.2 Å². The molecule has 1 aromatic rings. The van der Waals surface area contributed by atoms with Crippen molar-refractivity contribution in [3.63, 3.8) is 0 Å². The molecule has 0 bridgehead atoms. The van der Waals surface area contributed by atoms with Gasteiger partial charge in [0.25, 0.3) is 0 Å². The maximum absolute atomic E-state index is 11.2. The number of nitrogens with two attached hydrogens (primary N) is 1. The highest BCUT2D eigenvalue weighted by Crippen LogP contribution is 2.34. The molecule has 6 nitrogen and oxygen atoms in total. The summed E-state index contributed by atoms with van der Waals surface area (Å²) < 4.78 is 11.4. The van der Waals surface area contributed by atoms with Gasteiger partial charge in [-0.05, 0) is 12.1 Å². The molecule has 0 aromatic carbocycles.